The summed E-state index contributed by atoms with van der Waals surface area (Å²) in [6.45, 7) is 2.16. The van der Waals surface area contributed by atoms with E-state index in [2.05, 4.69) is 13.0 Å². The van der Waals surface area contributed by atoms with Crippen LogP contribution in [0.1, 0.15) is 71.1 Å². The summed E-state index contributed by atoms with van der Waals surface area (Å²) in [7, 11) is 0. The molecular weight excluding hydrogens is 252 g/mol. The smallest absolute Gasteiger partial charge is 0.303 e. The number of aliphatic hydroxyl groups is 1. The molecule has 0 spiro atoms. The van der Waals surface area contributed by atoms with Crippen LogP contribution in [0.2, 0.25) is 0 Å². The first-order valence-corrected chi connectivity index (χ1v) is 7.90. The lowest BCUT2D eigenvalue weighted by Crippen LogP contribution is -2.00. The number of carboxylic acid groups (broad SMARTS) is 1. The number of rotatable bonds is 13. The molecule has 3 nitrogen and oxygen atoms in total. The molecule has 0 heterocycles. The second kappa shape index (κ2) is 14.3. The van der Waals surface area contributed by atoms with Crippen LogP contribution < -0.4 is 0 Å². The van der Waals surface area contributed by atoms with Gasteiger partial charge in [-0.3, -0.25) is 4.79 Å². The number of hydrogen-bond donors (Lipinski definition) is 2. The third-order valence-corrected chi connectivity index (χ3v) is 3.20. The van der Waals surface area contributed by atoms with Crippen molar-refractivity contribution in [2.75, 3.05) is 0 Å². The molecule has 0 aliphatic heterocycles. The van der Waals surface area contributed by atoms with Gasteiger partial charge < -0.3 is 10.2 Å². The lowest BCUT2D eigenvalue weighted by atomic mass is 10.1. The van der Waals surface area contributed by atoms with E-state index in [1.54, 1.807) is 0 Å². The van der Waals surface area contributed by atoms with Gasteiger partial charge in [-0.1, -0.05) is 63.3 Å². The summed E-state index contributed by atoms with van der Waals surface area (Å²) in [4.78, 5) is 10.3. The van der Waals surface area contributed by atoms with Crippen LogP contribution in [-0.2, 0) is 4.79 Å². The highest BCUT2D eigenvalue weighted by Crippen LogP contribution is 2.06. The van der Waals surface area contributed by atoms with Crippen molar-refractivity contribution in [3.8, 4) is 0 Å². The largest absolute Gasteiger partial charge is 0.481 e. The third kappa shape index (κ3) is 15.0. The predicted molar refractivity (Wildman–Crippen MR) is 83.8 cm³/mol. The maximum Gasteiger partial charge on any atom is 0.303 e. The Morgan fingerprint density at radius 2 is 1.80 bits per heavy atom. The molecular formula is C17H30O3. The summed E-state index contributed by atoms with van der Waals surface area (Å²) in [5, 5.41) is 18.1. The summed E-state index contributed by atoms with van der Waals surface area (Å²) in [5.74, 6) is -0.701. The number of unbranched alkanes of at least 4 members (excludes halogenated alkanes) is 6. The zero-order chi connectivity index (χ0) is 15.1. The number of aliphatic carboxylic acids is 1. The van der Waals surface area contributed by atoms with E-state index in [0.29, 0.717) is 0 Å². The van der Waals surface area contributed by atoms with E-state index in [1.165, 1.54) is 12.8 Å². The van der Waals surface area contributed by atoms with Crippen molar-refractivity contribution in [3.05, 3.63) is 24.3 Å². The zero-order valence-corrected chi connectivity index (χ0v) is 12.8. The number of allylic oxidation sites excluding steroid dienone is 3. The molecule has 0 saturated heterocycles. The van der Waals surface area contributed by atoms with E-state index in [4.69, 9.17) is 5.11 Å². The molecule has 0 radical (unpaired) electrons. The van der Waals surface area contributed by atoms with Crippen molar-refractivity contribution < 1.29 is 15.0 Å². The zero-order valence-electron chi connectivity index (χ0n) is 12.8. The molecule has 1 atom stereocenters. The molecule has 0 saturated carbocycles. The van der Waals surface area contributed by atoms with E-state index < -0.39 is 5.97 Å². The first-order valence-electron chi connectivity index (χ1n) is 7.90. The fourth-order valence-electron chi connectivity index (χ4n) is 1.96. The van der Waals surface area contributed by atoms with Crippen molar-refractivity contribution in [3.63, 3.8) is 0 Å². The summed E-state index contributed by atoms with van der Waals surface area (Å²) in [5.41, 5.74) is 0. The van der Waals surface area contributed by atoms with Gasteiger partial charge in [-0.15, -0.1) is 0 Å². The second-order valence-corrected chi connectivity index (χ2v) is 5.22. The monoisotopic (exact) mass is 282 g/mol. The Morgan fingerprint density at radius 3 is 2.50 bits per heavy atom. The average Bonchev–Trinajstić information content (AvgIpc) is 2.41. The highest BCUT2D eigenvalue weighted by molar-refractivity contribution is 5.66. The number of carbonyl (C=O) groups is 1. The van der Waals surface area contributed by atoms with Gasteiger partial charge >= 0.3 is 5.97 Å². The Hall–Kier alpha value is -1.09. The van der Waals surface area contributed by atoms with Crippen molar-refractivity contribution >= 4 is 5.97 Å². The van der Waals surface area contributed by atoms with Gasteiger partial charge in [0.2, 0.25) is 0 Å². The van der Waals surface area contributed by atoms with Crippen LogP contribution in [-0.4, -0.2) is 22.3 Å². The lowest BCUT2D eigenvalue weighted by Gasteiger charge is -2.03. The van der Waals surface area contributed by atoms with E-state index in [0.717, 1.165) is 44.9 Å². The Labute approximate surface area is 123 Å². The van der Waals surface area contributed by atoms with Crippen molar-refractivity contribution in [1.82, 2.24) is 0 Å². The maximum absolute atomic E-state index is 10.3. The number of hydrogen-bond acceptors (Lipinski definition) is 2. The van der Waals surface area contributed by atoms with Crippen LogP contribution in [0.4, 0.5) is 0 Å². The molecule has 0 amide bonds. The minimum Gasteiger partial charge on any atom is -0.481 e. The fourth-order valence-corrected chi connectivity index (χ4v) is 1.96. The van der Waals surface area contributed by atoms with Gasteiger partial charge in [0.1, 0.15) is 0 Å². The maximum atomic E-state index is 10.3. The van der Waals surface area contributed by atoms with Gasteiger partial charge in [0.05, 0.1) is 6.10 Å². The molecule has 116 valence electrons. The molecule has 3 heteroatoms. The van der Waals surface area contributed by atoms with Crippen LogP contribution in [0.15, 0.2) is 24.3 Å². The predicted octanol–water partition coefficient (Wildman–Crippen LogP) is 4.47. The quantitative estimate of drug-likeness (QED) is 0.387. The van der Waals surface area contributed by atoms with E-state index in [9.17, 15) is 9.90 Å². The summed E-state index contributed by atoms with van der Waals surface area (Å²) in [6.07, 6.45) is 17.1. The first-order chi connectivity index (χ1) is 9.66. The van der Waals surface area contributed by atoms with Gasteiger partial charge in [0.15, 0.2) is 0 Å². The van der Waals surface area contributed by atoms with Crippen LogP contribution >= 0.6 is 0 Å². The third-order valence-electron chi connectivity index (χ3n) is 3.20. The van der Waals surface area contributed by atoms with Crippen molar-refractivity contribution in [1.29, 1.82) is 0 Å². The summed E-state index contributed by atoms with van der Waals surface area (Å²) >= 11 is 0. The average molecular weight is 282 g/mol. The van der Waals surface area contributed by atoms with E-state index >= 15 is 0 Å². The van der Waals surface area contributed by atoms with Crippen LogP contribution in [0.5, 0.6) is 0 Å². The minimum absolute atomic E-state index is 0.286. The molecule has 0 fully saturated rings. The van der Waals surface area contributed by atoms with Crippen molar-refractivity contribution in [2.45, 2.75) is 77.2 Å². The van der Waals surface area contributed by atoms with Crippen LogP contribution in [0, 0.1) is 0 Å². The van der Waals surface area contributed by atoms with Gasteiger partial charge in [-0.05, 0) is 25.7 Å². The fraction of sp³-hybridized carbons (Fsp3) is 0.706. The molecule has 0 unspecified atom stereocenters. The van der Waals surface area contributed by atoms with Crippen LogP contribution in [0.25, 0.3) is 0 Å². The standard InChI is InChI=1S/C17H30O3/c1-2-3-10-13-16(18)14-11-8-6-4-5-7-9-12-15-17(19)20/h6,8,11,14,16,18H,2-5,7,9-10,12-13,15H2,1H3,(H,19,20)/t16-/m0/s1. The normalized spacial score (nSPS) is 13.3. The first kappa shape index (κ1) is 18.9. The highest BCUT2D eigenvalue weighted by Gasteiger charge is 1.97. The minimum atomic E-state index is -0.701. The lowest BCUT2D eigenvalue weighted by molar-refractivity contribution is -0.137. The van der Waals surface area contributed by atoms with Gasteiger partial charge in [-0.25, -0.2) is 0 Å². The molecule has 20 heavy (non-hydrogen) atoms. The molecule has 0 rings (SSSR count). The molecule has 0 bridgehead atoms. The van der Waals surface area contributed by atoms with Gasteiger partial charge in [0, 0.05) is 6.42 Å². The van der Waals surface area contributed by atoms with E-state index in [-0.39, 0.29) is 12.5 Å². The van der Waals surface area contributed by atoms with Gasteiger partial charge in [0.25, 0.3) is 0 Å². The molecule has 0 aromatic carbocycles. The molecule has 0 aliphatic rings. The van der Waals surface area contributed by atoms with Crippen LogP contribution in [0.3, 0.4) is 0 Å². The molecule has 2 N–H and O–H groups in total. The molecule has 0 aromatic rings. The summed E-state index contributed by atoms with van der Waals surface area (Å²) in [6, 6.07) is 0. The highest BCUT2D eigenvalue weighted by atomic mass is 16.4. The Kier molecular flexibility index (Phi) is 13.5. The van der Waals surface area contributed by atoms with E-state index in [1.807, 2.05) is 18.2 Å². The molecule has 0 aliphatic carbocycles. The molecule has 0 aromatic heterocycles. The Bertz CT molecular complexity index is 282. The van der Waals surface area contributed by atoms with Gasteiger partial charge in [-0.2, -0.15) is 0 Å². The number of carboxylic acids is 1. The SMILES string of the molecule is CCCCC[C@H](O)C=CC=CCCCCCCC(=O)O. The van der Waals surface area contributed by atoms with Crippen molar-refractivity contribution in [2.24, 2.45) is 0 Å². The summed E-state index contributed by atoms with van der Waals surface area (Å²) < 4.78 is 0. The number of aliphatic hydroxyl groups excluding tert-OH is 1. The Balaban J connectivity index is 3.40. The topological polar surface area (TPSA) is 57.5 Å². The second-order valence-electron chi connectivity index (χ2n) is 5.22. The Morgan fingerprint density at radius 1 is 1.05 bits per heavy atom.